The van der Waals surface area contributed by atoms with Crippen molar-refractivity contribution in [2.45, 2.75) is 56.6 Å². The second-order valence-corrected chi connectivity index (χ2v) is 9.64. The first-order valence-corrected chi connectivity index (χ1v) is 11.9. The maximum absolute atomic E-state index is 14.3. The summed E-state index contributed by atoms with van der Waals surface area (Å²) in [5.41, 5.74) is 0.694. The summed E-state index contributed by atoms with van der Waals surface area (Å²) in [6, 6.07) is 8.51. The van der Waals surface area contributed by atoms with Crippen molar-refractivity contribution in [2.75, 3.05) is 6.61 Å². The Balaban J connectivity index is 1.59. The summed E-state index contributed by atoms with van der Waals surface area (Å²) >= 11 is 0. The number of imide groups is 1. The first kappa shape index (κ1) is 24.2. The molecule has 0 spiro atoms. The number of nitrogens with zero attached hydrogens (tertiary/aromatic N) is 1. The molecule has 1 heterocycles. The van der Waals surface area contributed by atoms with Crippen molar-refractivity contribution in [2.24, 2.45) is 11.8 Å². The minimum atomic E-state index is -5.99. The highest BCUT2D eigenvalue weighted by molar-refractivity contribution is 7.88. The molecule has 1 aromatic rings. The SMILES string of the molecule is O=C1CC(C2CCCCC2)CC(=O)N1OS(=O)(=O)C(F)(F)C(=O)OCCc1ccccc1. The zero-order valence-electron chi connectivity index (χ0n) is 17.4. The zero-order chi connectivity index (χ0) is 23.4. The average molecular weight is 473 g/mol. The van der Waals surface area contributed by atoms with Gasteiger partial charge in [0, 0.05) is 19.3 Å². The normalized spacial score (nSPS) is 19.2. The van der Waals surface area contributed by atoms with Crippen LogP contribution in [-0.2, 0) is 39.9 Å². The molecule has 1 saturated heterocycles. The van der Waals surface area contributed by atoms with Crippen LogP contribution in [0.25, 0.3) is 0 Å². The van der Waals surface area contributed by atoms with Gasteiger partial charge in [-0.25, -0.2) is 4.79 Å². The molecule has 1 aliphatic carbocycles. The topological polar surface area (TPSA) is 107 Å². The lowest BCUT2D eigenvalue weighted by Gasteiger charge is -2.34. The molecule has 2 aliphatic rings. The largest absolute Gasteiger partial charge is 0.467 e. The van der Waals surface area contributed by atoms with Crippen molar-refractivity contribution in [1.82, 2.24) is 5.06 Å². The average Bonchev–Trinajstić information content (AvgIpc) is 2.77. The van der Waals surface area contributed by atoms with E-state index in [2.05, 4.69) is 9.02 Å². The third-order valence-electron chi connectivity index (χ3n) is 5.83. The van der Waals surface area contributed by atoms with E-state index >= 15 is 0 Å². The third-order valence-corrected chi connectivity index (χ3v) is 6.97. The van der Waals surface area contributed by atoms with Crippen molar-refractivity contribution in [1.29, 1.82) is 0 Å². The van der Waals surface area contributed by atoms with E-state index in [1.54, 1.807) is 30.3 Å². The number of rotatable bonds is 8. The van der Waals surface area contributed by atoms with E-state index in [4.69, 9.17) is 0 Å². The number of hydroxylamine groups is 2. The Kier molecular flexibility index (Phi) is 7.60. The number of alkyl halides is 2. The number of halogens is 2. The Bertz CT molecular complexity index is 928. The highest BCUT2D eigenvalue weighted by Crippen LogP contribution is 2.37. The predicted molar refractivity (Wildman–Crippen MR) is 107 cm³/mol. The highest BCUT2D eigenvalue weighted by Gasteiger charge is 2.58. The Morgan fingerprint density at radius 1 is 1.00 bits per heavy atom. The van der Waals surface area contributed by atoms with Crippen molar-refractivity contribution in [3.63, 3.8) is 0 Å². The zero-order valence-corrected chi connectivity index (χ0v) is 18.2. The molecule has 0 bridgehead atoms. The molecule has 1 aliphatic heterocycles. The van der Waals surface area contributed by atoms with Gasteiger partial charge in [-0.15, -0.1) is 9.35 Å². The van der Waals surface area contributed by atoms with Gasteiger partial charge in [0.05, 0.1) is 6.61 Å². The van der Waals surface area contributed by atoms with Gasteiger partial charge >= 0.3 is 21.3 Å². The van der Waals surface area contributed by atoms with Gasteiger partial charge in [-0.05, 0) is 17.4 Å². The lowest BCUT2D eigenvalue weighted by molar-refractivity contribution is -0.182. The van der Waals surface area contributed by atoms with Crippen LogP contribution >= 0.6 is 0 Å². The van der Waals surface area contributed by atoms with Crippen molar-refractivity contribution in [3.05, 3.63) is 35.9 Å². The van der Waals surface area contributed by atoms with Crippen LogP contribution in [0.5, 0.6) is 0 Å². The number of benzene rings is 1. The van der Waals surface area contributed by atoms with Crippen LogP contribution in [0.1, 0.15) is 50.5 Å². The molecule has 3 rings (SSSR count). The lowest BCUT2D eigenvalue weighted by atomic mass is 9.76. The fraction of sp³-hybridized carbons (Fsp3) is 0.571. The summed E-state index contributed by atoms with van der Waals surface area (Å²) in [4.78, 5) is 36.4. The first-order valence-electron chi connectivity index (χ1n) is 10.5. The summed E-state index contributed by atoms with van der Waals surface area (Å²) in [7, 11) is -5.99. The smallest absolute Gasteiger partial charge is 0.460 e. The monoisotopic (exact) mass is 473 g/mol. The van der Waals surface area contributed by atoms with E-state index in [0.717, 1.165) is 32.1 Å². The van der Waals surface area contributed by atoms with Crippen molar-refractivity contribution >= 4 is 27.9 Å². The molecule has 0 N–H and O–H groups in total. The number of hydrogen-bond donors (Lipinski definition) is 0. The van der Waals surface area contributed by atoms with Crippen LogP contribution in [0, 0.1) is 11.8 Å². The molecule has 0 atom stereocenters. The third kappa shape index (κ3) is 5.50. The number of ether oxygens (including phenoxy) is 1. The van der Waals surface area contributed by atoms with Gasteiger partial charge < -0.3 is 4.74 Å². The highest BCUT2D eigenvalue weighted by atomic mass is 32.2. The Hall–Kier alpha value is -2.40. The van der Waals surface area contributed by atoms with Crippen molar-refractivity contribution < 1.29 is 40.6 Å². The summed E-state index contributed by atoms with van der Waals surface area (Å²) in [5, 5.41) is -5.26. The quantitative estimate of drug-likeness (QED) is 0.422. The van der Waals surface area contributed by atoms with Crippen LogP contribution in [0.4, 0.5) is 8.78 Å². The number of esters is 1. The van der Waals surface area contributed by atoms with Crippen LogP contribution in [0.15, 0.2) is 30.3 Å². The summed E-state index contributed by atoms with van der Waals surface area (Å²) in [6.07, 6.45) is 4.49. The molecule has 0 unspecified atom stereocenters. The molecule has 1 aromatic carbocycles. The predicted octanol–water partition coefficient (Wildman–Crippen LogP) is 2.97. The molecule has 1 saturated carbocycles. The molecule has 8 nitrogen and oxygen atoms in total. The maximum atomic E-state index is 14.3. The maximum Gasteiger partial charge on any atom is 0.467 e. The number of piperidine rings is 1. The summed E-state index contributed by atoms with van der Waals surface area (Å²) in [6.45, 7) is -0.487. The van der Waals surface area contributed by atoms with E-state index in [1.807, 2.05) is 0 Å². The molecule has 2 amide bonds. The molecule has 2 fully saturated rings. The van der Waals surface area contributed by atoms with Crippen LogP contribution in [0.3, 0.4) is 0 Å². The molecular weight excluding hydrogens is 448 g/mol. The fourth-order valence-corrected chi connectivity index (χ4v) is 4.80. The Morgan fingerprint density at radius 3 is 2.19 bits per heavy atom. The Morgan fingerprint density at radius 2 is 1.59 bits per heavy atom. The first-order chi connectivity index (χ1) is 15.1. The molecular formula is C21H25F2NO7S. The fourth-order valence-electron chi connectivity index (χ4n) is 4.08. The van der Waals surface area contributed by atoms with Gasteiger partial charge in [-0.3, -0.25) is 9.59 Å². The molecule has 32 heavy (non-hydrogen) atoms. The van der Waals surface area contributed by atoms with Crippen molar-refractivity contribution in [3.8, 4) is 0 Å². The second kappa shape index (κ2) is 10.0. The van der Waals surface area contributed by atoms with Gasteiger partial charge in [0.1, 0.15) is 0 Å². The van der Waals surface area contributed by atoms with E-state index in [1.165, 1.54) is 0 Å². The number of carbonyl (C=O) groups excluding carboxylic acids is 3. The molecule has 0 radical (unpaired) electrons. The van der Waals surface area contributed by atoms with Crippen LogP contribution < -0.4 is 0 Å². The van der Waals surface area contributed by atoms with E-state index < -0.39 is 39.8 Å². The van der Waals surface area contributed by atoms with E-state index in [-0.39, 0.29) is 36.2 Å². The molecule has 0 aromatic heterocycles. The van der Waals surface area contributed by atoms with Gasteiger partial charge in [-0.2, -0.15) is 17.2 Å². The van der Waals surface area contributed by atoms with Gasteiger partial charge in [0.15, 0.2) is 0 Å². The van der Waals surface area contributed by atoms with Gasteiger partial charge in [0.25, 0.3) is 11.8 Å². The summed E-state index contributed by atoms with van der Waals surface area (Å²) < 4.78 is 61.2. The minimum Gasteiger partial charge on any atom is -0.460 e. The molecule has 11 heteroatoms. The van der Waals surface area contributed by atoms with Gasteiger partial charge in [-0.1, -0.05) is 62.4 Å². The van der Waals surface area contributed by atoms with E-state index in [0.29, 0.717) is 5.56 Å². The van der Waals surface area contributed by atoms with Crippen LogP contribution in [-0.4, -0.2) is 43.1 Å². The number of hydrogen-bond acceptors (Lipinski definition) is 7. The standard InChI is InChI=1S/C21H25F2NO7S/c22-21(23,20(27)30-12-11-15-7-3-1-4-8-15)32(28,29)31-24-18(25)13-17(14-19(24)26)16-9-5-2-6-10-16/h1,3-4,7-8,16-17H,2,5-6,9-14H2. The van der Waals surface area contributed by atoms with E-state index in [9.17, 15) is 31.6 Å². The van der Waals surface area contributed by atoms with Crippen LogP contribution in [0.2, 0.25) is 0 Å². The summed E-state index contributed by atoms with van der Waals surface area (Å²) in [5.74, 6) is -4.51. The van der Waals surface area contributed by atoms with Gasteiger partial charge in [0.2, 0.25) is 0 Å². The minimum absolute atomic E-state index is 0.0925. The Labute approximate surface area is 184 Å². The second-order valence-electron chi connectivity index (χ2n) is 8.07. The number of amides is 2. The molecule has 176 valence electrons. The number of carbonyl (C=O) groups is 3. The lowest BCUT2D eigenvalue weighted by Crippen LogP contribution is -2.50.